The van der Waals surface area contributed by atoms with E-state index in [2.05, 4.69) is 9.97 Å². The molecular formula is C12H16N2O. The fourth-order valence-electron chi connectivity index (χ4n) is 1.37. The summed E-state index contributed by atoms with van der Waals surface area (Å²) in [5, 5.41) is 0.658. The van der Waals surface area contributed by atoms with Gasteiger partial charge < -0.3 is 4.98 Å². The topological polar surface area (TPSA) is 45.8 Å². The summed E-state index contributed by atoms with van der Waals surface area (Å²) in [4.78, 5) is 18.4. The molecule has 0 aliphatic rings. The first-order valence-electron chi connectivity index (χ1n) is 5.14. The number of aromatic amines is 1. The third-order valence-corrected chi connectivity index (χ3v) is 1.98. The van der Waals surface area contributed by atoms with E-state index in [1.54, 1.807) is 6.92 Å². The Bertz CT molecular complexity index is 515. The zero-order valence-corrected chi connectivity index (χ0v) is 9.59. The van der Waals surface area contributed by atoms with Crippen LogP contribution in [0.3, 0.4) is 0 Å². The lowest BCUT2D eigenvalue weighted by Gasteiger charge is -1.98. The molecule has 1 heterocycles. The van der Waals surface area contributed by atoms with Gasteiger partial charge in [0.25, 0.3) is 5.56 Å². The van der Waals surface area contributed by atoms with Crippen LogP contribution in [0.15, 0.2) is 23.0 Å². The van der Waals surface area contributed by atoms with E-state index in [0.717, 1.165) is 11.1 Å². The standard InChI is InChI=1S/C10H10N2O.C2H6/c1-6-3-4-9-8(5-6)10(13)12-7(2)11-9;1-2/h3-5H,1-2H3,(H,11,12,13);1-2H3. The van der Waals surface area contributed by atoms with Gasteiger partial charge in [-0.15, -0.1) is 0 Å². The molecule has 0 saturated carbocycles. The van der Waals surface area contributed by atoms with E-state index < -0.39 is 0 Å². The lowest BCUT2D eigenvalue weighted by atomic mass is 10.2. The van der Waals surface area contributed by atoms with Gasteiger partial charge in [-0.2, -0.15) is 0 Å². The normalized spacial score (nSPS) is 9.60. The zero-order valence-electron chi connectivity index (χ0n) is 9.59. The zero-order chi connectivity index (χ0) is 11.4. The van der Waals surface area contributed by atoms with Crippen LogP contribution < -0.4 is 5.56 Å². The van der Waals surface area contributed by atoms with E-state index in [-0.39, 0.29) is 5.56 Å². The van der Waals surface area contributed by atoms with Gasteiger partial charge in [0.15, 0.2) is 0 Å². The first kappa shape index (κ1) is 11.4. The van der Waals surface area contributed by atoms with Crippen molar-refractivity contribution in [3.63, 3.8) is 0 Å². The van der Waals surface area contributed by atoms with Gasteiger partial charge in [-0.25, -0.2) is 4.98 Å². The molecule has 0 unspecified atom stereocenters. The quantitative estimate of drug-likeness (QED) is 0.716. The van der Waals surface area contributed by atoms with Gasteiger partial charge in [-0.05, 0) is 26.0 Å². The largest absolute Gasteiger partial charge is 0.310 e. The molecule has 0 bridgehead atoms. The van der Waals surface area contributed by atoms with Gasteiger partial charge in [0.05, 0.1) is 10.9 Å². The minimum Gasteiger partial charge on any atom is -0.310 e. The van der Waals surface area contributed by atoms with Gasteiger partial charge in [0, 0.05) is 0 Å². The number of aryl methyl sites for hydroxylation is 2. The maximum atomic E-state index is 11.5. The molecule has 3 heteroatoms. The van der Waals surface area contributed by atoms with E-state index >= 15 is 0 Å². The number of benzene rings is 1. The Balaban J connectivity index is 0.000000531. The second kappa shape index (κ2) is 4.73. The summed E-state index contributed by atoms with van der Waals surface area (Å²) in [7, 11) is 0. The van der Waals surface area contributed by atoms with Gasteiger partial charge in [-0.1, -0.05) is 25.5 Å². The van der Waals surface area contributed by atoms with Crippen molar-refractivity contribution in [2.45, 2.75) is 27.7 Å². The van der Waals surface area contributed by atoms with Crippen LogP contribution in [0, 0.1) is 13.8 Å². The van der Waals surface area contributed by atoms with Crippen LogP contribution in [0.2, 0.25) is 0 Å². The highest BCUT2D eigenvalue weighted by molar-refractivity contribution is 5.78. The number of nitrogens with one attached hydrogen (secondary N) is 1. The molecule has 3 nitrogen and oxygen atoms in total. The van der Waals surface area contributed by atoms with Crippen LogP contribution in [0.1, 0.15) is 25.2 Å². The average Bonchev–Trinajstić information content (AvgIpc) is 2.22. The summed E-state index contributed by atoms with van der Waals surface area (Å²) < 4.78 is 0. The van der Waals surface area contributed by atoms with Crippen molar-refractivity contribution in [3.8, 4) is 0 Å². The Labute approximate surface area is 89.2 Å². The van der Waals surface area contributed by atoms with Crippen LogP contribution in [-0.4, -0.2) is 9.97 Å². The number of rotatable bonds is 0. The number of nitrogens with zero attached hydrogens (tertiary/aromatic N) is 1. The van der Waals surface area contributed by atoms with E-state index in [0.29, 0.717) is 11.2 Å². The SMILES string of the molecule is CC.Cc1ccc2nc(C)[nH]c(=O)c2c1. The van der Waals surface area contributed by atoms with E-state index in [1.807, 2.05) is 39.0 Å². The summed E-state index contributed by atoms with van der Waals surface area (Å²) >= 11 is 0. The number of hydrogen-bond donors (Lipinski definition) is 1. The number of fused-ring (bicyclic) bond motifs is 1. The Hall–Kier alpha value is -1.64. The molecule has 1 aromatic heterocycles. The smallest absolute Gasteiger partial charge is 0.258 e. The van der Waals surface area contributed by atoms with Crippen molar-refractivity contribution in [1.82, 2.24) is 9.97 Å². The molecule has 1 aromatic carbocycles. The maximum Gasteiger partial charge on any atom is 0.258 e. The Kier molecular flexibility index (Phi) is 3.61. The highest BCUT2D eigenvalue weighted by Crippen LogP contribution is 2.08. The van der Waals surface area contributed by atoms with Crippen LogP contribution in [0.5, 0.6) is 0 Å². The second-order valence-electron chi connectivity index (χ2n) is 3.17. The molecule has 2 aromatic rings. The predicted octanol–water partition coefficient (Wildman–Crippen LogP) is 2.57. The van der Waals surface area contributed by atoms with Gasteiger partial charge >= 0.3 is 0 Å². The minimum absolute atomic E-state index is 0.0637. The number of aromatic nitrogens is 2. The van der Waals surface area contributed by atoms with E-state index in [4.69, 9.17) is 0 Å². The summed E-state index contributed by atoms with van der Waals surface area (Å²) in [6.07, 6.45) is 0. The van der Waals surface area contributed by atoms with Crippen molar-refractivity contribution in [2.75, 3.05) is 0 Å². The van der Waals surface area contributed by atoms with Gasteiger partial charge in [0.1, 0.15) is 5.82 Å². The van der Waals surface area contributed by atoms with E-state index in [1.165, 1.54) is 0 Å². The van der Waals surface area contributed by atoms with E-state index in [9.17, 15) is 4.79 Å². The molecule has 0 aliphatic heterocycles. The maximum absolute atomic E-state index is 11.5. The molecular weight excluding hydrogens is 188 g/mol. The second-order valence-corrected chi connectivity index (χ2v) is 3.17. The molecule has 0 radical (unpaired) electrons. The highest BCUT2D eigenvalue weighted by Gasteiger charge is 2.00. The van der Waals surface area contributed by atoms with Crippen LogP contribution in [0.4, 0.5) is 0 Å². The first-order chi connectivity index (χ1) is 7.16. The molecule has 15 heavy (non-hydrogen) atoms. The summed E-state index contributed by atoms with van der Waals surface area (Å²) in [6, 6.07) is 5.67. The van der Waals surface area contributed by atoms with Crippen molar-refractivity contribution < 1.29 is 0 Å². The average molecular weight is 204 g/mol. The lowest BCUT2D eigenvalue weighted by molar-refractivity contribution is 1.06. The summed E-state index contributed by atoms with van der Waals surface area (Å²) in [5.41, 5.74) is 1.77. The highest BCUT2D eigenvalue weighted by atomic mass is 16.1. The molecule has 2 rings (SSSR count). The fourth-order valence-corrected chi connectivity index (χ4v) is 1.37. The third-order valence-electron chi connectivity index (χ3n) is 1.98. The molecule has 0 spiro atoms. The Morgan fingerprint density at radius 1 is 1.20 bits per heavy atom. The molecule has 0 saturated heterocycles. The van der Waals surface area contributed by atoms with Crippen LogP contribution in [0.25, 0.3) is 10.9 Å². The number of hydrogen-bond acceptors (Lipinski definition) is 2. The first-order valence-corrected chi connectivity index (χ1v) is 5.14. The molecule has 0 aliphatic carbocycles. The molecule has 1 N–H and O–H groups in total. The van der Waals surface area contributed by atoms with Crippen LogP contribution >= 0.6 is 0 Å². The van der Waals surface area contributed by atoms with Crippen molar-refractivity contribution in [2.24, 2.45) is 0 Å². The van der Waals surface area contributed by atoms with Crippen molar-refractivity contribution in [3.05, 3.63) is 39.9 Å². The third kappa shape index (κ3) is 2.43. The molecule has 0 fully saturated rings. The number of H-pyrrole nitrogens is 1. The van der Waals surface area contributed by atoms with Gasteiger partial charge in [0.2, 0.25) is 0 Å². The molecule has 80 valence electrons. The summed E-state index contributed by atoms with van der Waals surface area (Å²) in [6.45, 7) is 7.74. The van der Waals surface area contributed by atoms with Crippen molar-refractivity contribution >= 4 is 10.9 Å². The monoisotopic (exact) mass is 204 g/mol. The Morgan fingerprint density at radius 3 is 2.53 bits per heavy atom. The predicted molar refractivity (Wildman–Crippen MR) is 63.2 cm³/mol. The Morgan fingerprint density at radius 2 is 1.87 bits per heavy atom. The summed E-state index contributed by atoms with van der Waals surface area (Å²) in [5.74, 6) is 0.654. The fraction of sp³-hybridized carbons (Fsp3) is 0.333. The lowest BCUT2D eigenvalue weighted by Crippen LogP contribution is -2.09. The minimum atomic E-state index is -0.0637. The van der Waals surface area contributed by atoms with Crippen molar-refractivity contribution in [1.29, 1.82) is 0 Å². The molecule has 0 amide bonds. The van der Waals surface area contributed by atoms with Crippen LogP contribution in [-0.2, 0) is 0 Å². The van der Waals surface area contributed by atoms with Gasteiger partial charge in [-0.3, -0.25) is 4.79 Å². The molecule has 0 atom stereocenters.